The van der Waals surface area contributed by atoms with Gasteiger partial charge in [-0.2, -0.15) is 0 Å². The average molecular weight is 343 g/mol. The van der Waals surface area contributed by atoms with Crippen LogP contribution in [0.15, 0.2) is 23.3 Å². The summed E-state index contributed by atoms with van der Waals surface area (Å²) in [4.78, 5) is 20.8. The topological polar surface area (TPSA) is 49.0 Å². The van der Waals surface area contributed by atoms with Crippen LogP contribution in [0.4, 0.5) is 10.1 Å². The third-order valence-electron chi connectivity index (χ3n) is 5.32. The van der Waals surface area contributed by atoms with Crippen LogP contribution < -0.4 is 10.5 Å². The SMILES string of the molecule is CCc1c(C)ncc(-c2c[nH]c(=O)c(F)c2)c1N1CCC(C)(C)CC1. The van der Waals surface area contributed by atoms with Gasteiger partial charge in [-0.25, -0.2) is 4.39 Å². The molecule has 2 aromatic rings. The van der Waals surface area contributed by atoms with Gasteiger partial charge in [0, 0.05) is 42.3 Å². The Labute approximate surface area is 148 Å². The van der Waals surface area contributed by atoms with Gasteiger partial charge in [0.2, 0.25) is 0 Å². The molecule has 1 saturated heterocycles. The summed E-state index contributed by atoms with van der Waals surface area (Å²) < 4.78 is 13.8. The molecule has 0 aromatic carbocycles. The van der Waals surface area contributed by atoms with Crippen molar-refractivity contribution in [1.29, 1.82) is 0 Å². The molecular formula is C20H26FN3O. The smallest absolute Gasteiger partial charge is 0.283 e. The predicted octanol–water partition coefficient (Wildman–Crippen LogP) is 4.07. The molecule has 25 heavy (non-hydrogen) atoms. The van der Waals surface area contributed by atoms with Crippen molar-refractivity contribution in [3.05, 3.63) is 45.9 Å². The van der Waals surface area contributed by atoms with Gasteiger partial charge < -0.3 is 9.88 Å². The summed E-state index contributed by atoms with van der Waals surface area (Å²) in [6, 6.07) is 1.31. The molecule has 134 valence electrons. The van der Waals surface area contributed by atoms with Crippen LogP contribution in [0.3, 0.4) is 0 Å². The van der Waals surface area contributed by atoms with Gasteiger partial charge >= 0.3 is 0 Å². The van der Waals surface area contributed by atoms with E-state index in [1.807, 2.05) is 6.92 Å². The van der Waals surface area contributed by atoms with Gasteiger partial charge in [0.1, 0.15) is 0 Å². The number of hydrogen-bond acceptors (Lipinski definition) is 3. The summed E-state index contributed by atoms with van der Waals surface area (Å²) in [6.45, 7) is 10.7. The molecule has 0 radical (unpaired) electrons. The van der Waals surface area contributed by atoms with Crippen molar-refractivity contribution in [3.63, 3.8) is 0 Å². The number of halogens is 1. The molecule has 0 amide bonds. The highest BCUT2D eigenvalue weighted by molar-refractivity contribution is 5.80. The zero-order valence-corrected chi connectivity index (χ0v) is 15.4. The minimum Gasteiger partial charge on any atom is -0.371 e. The molecule has 0 saturated carbocycles. The van der Waals surface area contributed by atoms with E-state index in [0.29, 0.717) is 11.0 Å². The van der Waals surface area contributed by atoms with Crippen molar-refractivity contribution < 1.29 is 4.39 Å². The lowest BCUT2D eigenvalue weighted by Crippen LogP contribution is -2.38. The molecule has 0 atom stereocenters. The Morgan fingerprint density at radius 2 is 2.00 bits per heavy atom. The van der Waals surface area contributed by atoms with Crippen molar-refractivity contribution in [2.24, 2.45) is 5.41 Å². The van der Waals surface area contributed by atoms with Crippen molar-refractivity contribution in [1.82, 2.24) is 9.97 Å². The van der Waals surface area contributed by atoms with Gasteiger partial charge in [-0.05, 0) is 43.2 Å². The van der Waals surface area contributed by atoms with E-state index < -0.39 is 11.4 Å². The molecule has 1 N–H and O–H groups in total. The van der Waals surface area contributed by atoms with Crippen LogP contribution >= 0.6 is 0 Å². The van der Waals surface area contributed by atoms with E-state index in [1.54, 1.807) is 12.4 Å². The monoisotopic (exact) mass is 343 g/mol. The number of anilines is 1. The molecule has 0 bridgehead atoms. The van der Waals surface area contributed by atoms with Gasteiger partial charge in [0.25, 0.3) is 5.56 Å². The van der Waals surface area contributed by atoms with E-state index in [1.165, 1.54) is 11.6 Å². The molecule has 0 spiro atoms. The lowest BCUT2D eigenvalue weighted by Gasteiger charge is -2.40. The second kappa shape index (κ2) is 6.62. The summed E-state index contributed by atoms with van der Waals surface area (Å²) >= 11 is 0. The number of nitrogens with one attached hydrogen (secondary N) is 1. The Bertz CT molecular complexity index is 831. The first-order chi connectivity index (χ1) is 11.8. The number of piperidine rings is 1. The highest BCUT2D eigenvalue weighted by Gasteiger charge is 2.28. The van der Waals surface area contributed by atoms with Crippen molar-refractivity contribution in [2.75, 3.05) is 18.0 Å². The Morgan fingerprint density at radius 3 is 2.60 bits per heavy atom. The van der Waals surface area contributed by atoms with Crippen LogP contribution in [-0.4, -0.2) is 23.1 Å². The maximum Gasteiger partial charge on any atom is 0.283 e. The molecule has 2 aromatic heterocycles. The summed E-state index contributed by atoms with van der Waals surface area (Å²) in [5.41, 5.74) is 4.56. The third kappa shape index (κ3) is 3.46. The van der Waals surface area contributed by atoms with Crippen LogP contribution in [-0.2, 0) is 6.42 Å². The zero-order valence-electron chi connectivity index (χ0n) is 15.4. The number of H-pyrrole nitrogens is 1. The van der Waals surface area contributed by atoms with Gasteiger partial charge in [-0.3, -0.25) is 9.78 Å². The molecule has 1 fully saturated rings. The lowest BCUT2D eigenvalue weighted by atomic mass is 9.82. The Morgan fingerprint density at radius 1 is 1.32 bits per heavy atom. The van der Waals surface area contributed by atoms with Crippen LogP contribution in [0, 0.1) is 18.2 Å². The molecule has 3 heterocycles. The molecule has 5 heteroatoms. The largest absolute Gasteiger partial charge is 0.371 e. The Balaban J connectivity index is 2.13. The van der Waals surface area contributed by atoms with Gasteiger partial charge in [-0.15, -0.1) is 0 Å². The fourth-order valence-electron chi connectivity index (χ4n) is 3.58. The lowest BCUT2D eigenvalue weighted by molar-refractivity contribution is 0.279. The Kier molecular flexibility index (Phi) is 4.67. The minimum absolute atomic E-state index is 0.356. The highest BCUT2D eigenvalue weighted by atomic mass is 19.1. The second-order valence-electron chi connectivity index (χ2n) is 7.65. The van der Waals surface area contributed by atoms with E-state index in [9.17, 15) is 9.18 Å². The normalized spacial score (nSPS) is 16.9. The molecule has 0 unspecified atom stereocenters. The molecule has 0 aliphatic carbocycles. The van der Waals surface area contributed by atoms with Crippen LogP contribution in [0.1, 0.15) is 44.9 Å². The molecule has 1 aliphatic rings. The summed E-state index contributed by atoms with van der Waals surface area (Å²) in [7, 11) is 0. The van der Waals surface area contributed by atoms with Crippen LogP contribution in [0.5, 0.6) is 0 Å². The molecule has 3 rings (SSSR count). The van der Waals surface area contributed by atoms with Gasteiger partial charge in [-0.1, -0.05) is 20.8 Å². The fraction of sp³-hybridized carbons (Fsp3) is 0.500. The summed E-state index contributed by atoms with van der Waals surface area (Å²) in [5, 5.41) is 0. The second-order valence-corrected chi connectivity index (χ2v) is 7.65. The standard InChI is InChI=1S/C20H26FN3O/c1-5-15-13(2)22-12-16(14-10-17(21)19(25)23-11-14)18(15)24-8-6-20(3,4)7-9-24/h10-12H,5-9H2,1-4H3,(H,23,25). The highest BCUT2D eigenvalue weighted by Crippen LogP contribution is 2.39. The van der Waals surface area contributed by atoms with E-state index in [0.717, 1.165) is 49.3 Å². The first-order valence-corrected chi connectivity index (χ1v) is 8.94. The molecular weight excluding hydrogens is 317 g/mol. The summed E-state index contributed by atoms with van der Waals surface area (Å²) in [6.07, 6.45) is 6.49. The van der Waals surface area contributed by atoms with Crippen LogP contribution in [0.2, 0.25) is 0 Å². The number of pyridine rings is 2. The number of hydrogen-bond donors (Lipinski definition) is 1. The van der Waals surface area contributed by atoms with E-state index in [-0.39, 0.29) is 0 Å². The van der Waals surface area contributed by atoms with Crippen molar-refractivity contribution in [3.8, 4) is 11.1 Å². The fourth-order valence-corrected chi connectivity index (χ4v) is 3.58. The maximum atomic E-state index is 13.8. The quantitative estimate of drug-likeness (QED) is 0.914. The number of aryl methyl sites for hydroxylation is 1. The van der Waals surface area contributed by atoms with E-state index in [4.69, 9.17) is 0 Å². The van der Waals surface area contributed by atoms with Gasteiger partial charge in [0.15, 0.2) is 5.82 Å². The first kappa shape index (κ1) is 17.6. The molecule has 1 aliphatic heterocycles. The van der Waals surface area contributed by atoms with Crippen molar-refractivity contribution >= 4 is 5.69 Å². The van der Waals surface area contributed by atoms with Gasteiger partial charge in [0.05, 0.1) is 5.69 Å². The number of nitrogens with zero attached hydrogens (tertiary/aromatic N) is 2. The van der Waals surface area contributed by atoms with E-state index >= 15 is 0 Å². The average Bonchev–Trinajstić information content (AvgIpc) is 2.57. The van der Waals surface area contributed by atoms with E-state index in [2.05, 4.69) is 35.6 Å². The number of rotatable bonds is 3. The van der Waals surface area contributed by atoms with Crippen molar-refractivity contribution in [2.45, 2.75) is 47.0 Å². The zero-order chi connectivity index (χ0) is 18.2. The third-order valence-corrected chi connectivity index (χ3v) is 5.32. The van der Waals surface area contributed by atoms with Crippen LogP contribution in [0.25, 0.3) is 11.1 Å². The molecule has 4 nitrogen and oxygen atoms in total. The maximum absolute atomic E-state index is 13.8. The number of aromatic nitrogens is 2. The first-order valence-electron chi connectivity index (χ1n) is 8.94. The minimum atomic E-state index is -0.762. The summed E-state index contributed by atoms with van der Waals surface area (Å²) in [5.74, 6) is -0.762. The number of aromatic amines is 1. The Hall–Kier alpha value is -2.17. The predicted molar refractivity (Wildman–Crippen MR) is 99.6 cm³/mol.